The van der Waals surface area contributed by atoms with Gasteiger partial charge in [0.05, 0.1) is 0 Å². The first-order valence-corrected chi connectivity index (χ1v) is 28.7. The first kappa shape index (κ1) is 47.1. The van der Waals surface area contributed by atoms with E-state index in [-0.39, 0.29) is 13.4 Å². The minimum absolute atomic E-state index is 0.0312. The van der Waals surface area contributed by atoms with Gasteiger partial charge in [-0.3, -0.25) is 0 Å². The summed E-state index contributed by atoms with van der Waals surface area (Å²) in [6.07, 6.45) is 0. The second kappa shape index (κ2) is 20.0. The molecule has 0 spiro atoms. The van der Waals surface area contributed by atoms with Crippen LogP contribution in [-0.2, 0) is 0 Å². The van der Waals surface area contributed by atoms with Gasteiger partial charge >= 0.3 is 0 Å². The van der Waals surface area contributed by atoms with Crippen LogP contribution in [0.1, 0.15) is 0 Å². The fraction of sp³-hybridized carbons (Fsp3) is 0. The van der Waals surface area contributed by atoms with E-state index in [9.17, 15) is 0 Å². The molecule has 3 nitrogen and oxygen atoms in total. The summed E-state index contributed by atoms with van der Waals surface area (Å²) >= 11 is 3.84. The summed E-state index contributed by atoms with van der Waals surface area (Å²) in [6.45, 7) is -0.145. The predicted octanol–water partition coefficient (Wildman–Crippen LogP) is 15.7. The minimum Gasteiger partial charge on any atom is -0.311 e. The van der Waals surface area contributed by atoms with E-state index in [4.69, 9.17) is 0 Å². The maximum Gasteiger partial charge on any atom is 0.249 e. The average molecular weight is 1040 g/mol. The fourth-order valence-corrected chi connectivity index (χ4v) is 14.9. The van der Waals surface area contributed by atoms with E-state index in [1.807, 2.05) is 23.5 Å². The first-order valence-electron chi connectivity index (χ1n) is 27.1. The Hall–Kier alpha value is -9.13. The normalized spacial score (nSPS) is 12.6. The van der Waals surface area contributed by atoms with Crippen molar-refractivity contribution in [1.82, 2.24) is 0 Å². The van der Waals surface area contributed by atoms with Gasteiger partial charge in [-0.05, 0) is 130 Å². The molecule has 370 valence electrons. The molecule has 0 aromatic heterocycles. The Kier molecular flexibility index (Phi) is 11.9. The smallest absolute Gasteiger partial charge is 0.249 e. The van der Waals surface area contributed by atoms with Crippen molar-refractivity contribution in [3.8, 4) is 22.3 Å². The standard InChI is InChI=1S/C72H49B2N3S2/c1-8-25-50(26-9-1)59-39-24-40-60(51-27-10-2-11-28-51)71(59)74-62-44-43-57(75(52-29-12-3-13-30-52)53-31-14-4-15-32-53)46-67(62)78-68-49-69-63(48-64(68)74)73-61-41-22-23-42-65(61)77(56-37-20-7-21-38-56)66-45-58(47-70(79-69)72(66)73)76(54-33-16-5-17-34-54)55-35-18-6-19-36-55/h1-49H. The van der Waals surface area contributed by atoms with Gasteiger partial charge in [0.15, 0.2) is 0 Å². The van der Waals surface area contributed by atoms with Crippen molar-refractivity contribution in [2.24, 2.45) is 0 Å². The Morgan fingerprint density at radius 1 is 0.266 bits per heavy atom. The zero-order valence-electron chi connectivity index (χ0n) is 43.1. The lowest BCUT2D eigenvalue weighted by Crippen LogP contribution is -2.62. The average Bonchev–Trinajstić information content (AvgIpc) is 3.70. The highest BCUT2D eigenvalue weighted by Crippen LogP contribution is 2.48. The summed E-state index contributed by atoms with van der Waals surface area (Å²) in [5, 5.41) is 0. The summed E-state index contributed by atoms with van der Waals surface area (Å²) in [7, 11) is 0. The molecule has 0 aliphatic carbocycles. The molecule has 0 fully saturated rings. The Labute approximate surface area is 471 Å². The van der Waals surface area contributed by atoms with Crippen LogP contribution in [0, 0.1) is 0 Å². The third-order valence-electron chi connectivity index (χ3n) is 15.8. The molecule has 0 radical (unpaired) electrons. The van der Waals surface area contributed by atoms with Gasteiger partial charge in [-0.1, -0.05) is 246 Å². The van der Waals surface area contributed by atoms with Crippen molar-refractivity contribution in [3.05, 3.63) is 297 Å². The van der Waals surface area contributed by atoms with Gasteiger partial charge in [-0.15, -0.1) is 0 Å². The summed E-state index contributed by atoms with van der Waals surface area (Å²) in [6, 6.07) is 110. The third kappa shape index (κ3) is 8.28. The number of para-hydroxylation sites is 6. The monoisotopic (exact) mass is 1040 g/mol. The highest BCUT2D eigenvalue weighted by molar-refractivity contribution is 8.01. The summed E-state index contributed by atoms with van der Waals surface area (Å²) in [5.41, 5.74) is 23.0. The van der Waals surface area contributed by atoms with Gasteiger partial charge in [0, 0.05) is 70.8 Å². The van der Waals surface area contributed by atoms with Crippen LogP contribution in [-0.4, -0.2) is 13.4 Å². The Bertz CT molecular complexity index is 4070. The van der Waals surface area contributed by atoms with Crippen LogP contribution in [0.2, 0.25) is 0 Å². The van der Waals surface area contributed by atoms with Crippen LogP contribution in [0.25, 0.3) is 22.3 Å². The maximum absolute atomic E-state index is 2.63. The van der Waals surface area contributed by atoms with Gasteiger partial charge in [0.1, 0.15) is 0 Å². The molecular weight excluding hydrogens is 993 g/mol. The van der Waals surface area contributed by atoms with Gasteiger partial charge in [0.25, 0.3) is 0 Å². The third-order valence-corrected chi connectivity index (χ3v) is 18.1. The van der Waals surface area contributed by atoms with Gasteiger partial charge in [-0.2, -0.15) is 0 Å². The molecule has 3 aliphatic heterocycles. The van der Waals surface area contributed by atoms with Crippen LogP contribution in [0.15, 0.2) is 317 Å². The Morgan fingerprint density at radius 3 is 1.24 bits per heavy atom. The number of hydrogen-bond donors (Lipinski definition) is 0. The van der Waals surface area contributed by atoms with E-state index in [0.717, 1.165) is 39.8 Å². The molecule has 12 aromatic carbocycles. The van der Waals surface area contributed by atoms with Crippen LogP contribution >= 0.6 is 23.5 Å². The first-order chi connectivity index (χ1) is 39.2. The molecule has 0 amide bonds. The molecule has 12 aromatic rings. The molecule has 79 heavy (non-hydrogen) atoms. The van der Waals surface area contributed by atoms with Crippen molar-refractivity contribution in [2.75, 3.05) is 14.7 Å². The second-order valence-electron chi connectivity index (χ2n) is 20.3. The highest BCUT2D eigenvalue weighted by atomic mass is 32.2. The molecule has 0 atom stereocenters. The van der Waals surface area contributed by atoms with E-state index in [1.54, 1.807) is 0 Å². The topological polar surface area (TPSA) is 9.72 Å². The quantitative estimate of drug-likeness (QED) is 0.126. The Morgan fingerprint density at radius 2 is 0.696 bits per heavy atom. The lowest BCUT2D eigenvalue weighted by atomic mass is 9.32. The number of hydrogen-bond acceptors (Lipinski definition) is 5. The lowest BCUT2D eigenvalue weighted by molar-refractivity contribution is 1.23. The number of anilines is 9. The number of rotatable bonds is 10. The van der Waals surface area contributed by atoms with Crippen LogP contribution in [0.5, 0.6) is 0 Å². The van der Waals surface area contributed by atoms with Gasteiger partial charge in [0.2, 0.25) is 13.4 Å². The molecule has 3 heterocycles. The van der Waals surface area contributed by atoms with E-state index >= 15 is 0 Å². The number of benzene rings is 12. The molecule has 0 bridgehead atoms. The van der Waals surface area contributed by atoms with Gasteiger partial charge < -0.3 is 14.7 Å². The van der Waals surface area contributed by atoms with Crippen LogP contribution < -0.4 is 47.5 Å². The fourth-order valence-electron chi connectivity index (χ4n) is 12.4. The van der Waals surface area contributed by atoms with Crippen molar-refractivity contribution >= 4 is 121 Å². The highest BCUT2D eigenvalue weighted by Gasteiger charge is 2.44. The predicted molar refractivity (Wildman–Crippen MR) is 338 cm³/mol. The molecule has 7 heteroatoms. The molecular formula is C72H49B2N3S2. The molecule has 15 rings (SSSR count). The summed E-state index contributed by atoms with van der Waals surface area (Å²) in [4.78, 5) is 12.4. The van der Waals surface area contributed by atoms with Gasteiger partial charge in [-0.25, -0.2) is 0 Å². The number of nitrogens with zero attached hydrogens (tertiary/aromatic N) is 3. The minimum atomic E-state index is -0.114. The van der Waals surface area contributed by atoms with E-state index < -0.39 is 0 Å². The zero-order chi connectivity index (χ0) is 52.2. The maximum atomic E-state index is 2.63. The number of fused-ring (bicyclic) bond motifs is 6. The van der Waals surface area contributed by atoms with E-state index in [0.29, 0.717) is 0 Å². The van der Waals surface area contributed by atoms with Crippen molar-refractivity contribution in [2.45, 2.75) is 19.6 Å². The summed E-state index contributed by atoms with van der Waals surface area (Å²) in [5.74, 6) is 0. The van der Waals surface area contributed by atoms with E-state index in [1.165, 1.54) is 86.0 Å². The SMILES string of the molecule is c1ccc(-c2cccc(-c3ccccc3)c2B2c3ccc(N(c4ccccc4)c4ccccc4)cc3Sc3cc4c(cc32)B2c3ccccc3N(c3ccccc3)c3cc(N(c5ccccc5)c5ccccc5)cc(c32)S4)cc1. The molecule has 0 saturated heterocycles. The molecule has 3 aliphatic rings. The lowest BCUT2D eigenvalue weighted by Gasteiger charge is -2.42. The second-order valence-corrected chi connectivity index (χ2v) is 22.5. The van der Waals surface area contributed by atoms with Crippen molar-refractivity contribution < 1.29 is 0 Å². The molecule has 0 unspecified atom stereocenters. The van der Waals surface area contributed by atoms with Crippen molar-refractivity contribution in [1.29, 1.82) is 0 Å². The molecule has 0 N–H and O–H groups in total. The Balaban J connectivity index is 0.989. The van der Waals surface area contributed by atoms with Crippen LogP contribution in [0.4, 0.5) is 51.2 Å². The summed E-state index contributed by atoms with van der Waals surface area (Å²) < 4.78 is 0. The zero-order valence-corrected chi connectivity index (χ0v) is 44.7. The molecule has 0 saturated carbocycles. The van der Waals surface area contributed by atoms with Crippen molar-refractivity contribution in [3.63, 3.8) is 0 Å². The largest absolute Gasteiger partial charge is 0.311 e. The van der Waals surface area contributed by atoms with Crippen LogP contribution in [0.3, 0.4) is 0 Å². The van der Waals surface area contributed by atoms with E-state index in [2.05, 4.69) is 312 Å².